The number of carbonyl (C=O) groups is 1. The third kappa shape index (κ3) is 4.35. The molecule has 3 heterocycles. The molecule has 0 atom stereocenters. The predicted molar refractivity (Wildman–Crippen MR) is 136 cm³/mol. The van der Waals surface area contributed by atoms with Crippen molar-refractivity contribution < 1.29 is 9.32 Å². The first-order chi connectivity index (χ1) is 17.7. The van der Waals surface area contributed by atoms with Gasteiger partial charge < -0.3 is 9.84 Å². The van der Waals surface area contributed by atoms with Crippen molar-refractivity contribution in [1.29, 1.82) is 0 Å². The van der Waals surface area contributed by atoms with E-state index in [0.29, 0.717) is 17.4 Å². The molecule has 3 aromatic carbocycles. The largest absolute Gasteiger partial charge is 0.334 e. The second-order valence-corrected chi connectivity index (χ2v) is 8.24. The van der Waals surface area contributed by atoms with Crippen LogP contribution in [0.3, 0.4) is 0 Å². The Kier molecular flexibility index (Phi) is 5.51. The minimum Gasteiger partial charge on any atom is -0.334 e. The fourth-order valence-corrected chi connectivity index (χ4v) is 3.98. The van der Waals surface area contributed by atoms with E-state index in [0.717, 1.165) is 33.4 Å². The molecule has 1 N–H and O–H groups in total. The molecule has 174 valence electrons. The molecule has 8 heteroatoms. The molecular formula is C28H20N6O2. The Bertz CT molecular complexity index is 1640. The molecule has 6 aromatic rings. The van der Waals surface area contributed by atoms with E-state index >= 15 is 0 Å². The smallest absolute Gasteiger partial charge is 0.258 e. The quantitative estimate of drug-likeness (QED) is 0.352. The van der Waals surface area contributed by atoms with Crippen LogP contribution < -0.4 is 5.32 Å². The summed E-state index contributed by atoms with van der Waals surface area (Å²) in [5, 5.41) is 7.03. The molecule has 0 unspecified atom stereocenters. The van der Waals surface area contributed by atoms with Gasteiger partial charge in [-0.15, -0.1) is 0 Å². The third-order valence-electron chi connectivity index (χ3n) is 5.79. The van der Waals surface area contributed by atoms with Crippen LogP contribution in [-0.4, -0.2) is 30.6 Å². The van der Waals surface area contributed by atoms with Gasteiger partial charge in [-0.25, -0.2) is 4.98 Å². The van der Waals surface area contributed by atoms with Crippen molar-refractivity contribution in [2.45, 2.75) is 6.42 Å². The Morgan fingerprint density at radius 3 is 2.50 bits per heavy atom. The highest BCUT2D eigenvalue weighted by molar-refractivity contribution is 5.92. The molecule has 0 fully saturated rings. The van der Waals surface area contributed by atoms with E-state index < -0.39 is 0 Å². The molecule has 0 saturated carbocycles. The number of carbonyl (C=O) groups excluding carboxylic acids is 1. The topological polar surface area (TPSA) is 98.7 Å². The number of rotatable bonds is 6. The summed E-state index contributed by atoms with van der Waals surface area (Å²) in [6.07, 6.45) is 5.44. The van der Waals surface area contributed by atoms with E-state index in [2.05, 4.69) is 25.4 Å². The lowest BCUT2D eigenvalue weighted by Gasteiger charge is -2.05. The number of anilines is 1. The molecule has 0 aliphatic carbocycles. The molecule has 36 heavy (non-hydrogen) atoms. The van der Waals surface area contributed by atoms with E-state index in [1.165, 1.54) is 0 Å². The first-order valence-electron chi connectivity index (χ1n) is 11.4. The van der Waals surface area contributed by atoms with Crippen LogP contribution in [0, 0.1) is 0 Å². The highest BCUT2D eigenvalue weighted by Crippen LogP contribution is 2.25. The third-order valence-corrected chi connectivity index (χ3v) is 5.79. The number of nitrogens with zero attached hydrogens (tertiary/aromatic N) is 5. The van der Waals surface area contributed by atoms with Crippen molar-refractivity contribution in [3.05, 3.63) is 109 Å². The van der Waals surface area contributed by atoms with Crippen LogP contribution >= 0.6 is 0 Å². The van der Waals surface area contributed by atoms with Crippen LogP contribution in [0.15, 0.2) is 108 Å². The van der Waals surface area contributed by atoms with Gasteiger partial charge in [-0.1, -0.05) is 23.4 Å². The number of pyridine rings is 1. The maximum atomic E-state index is 12.3. The Hall–Kier alpha value is -5.11. The highest BCUT2D eigenvalue weighted by Gasteiger charge is 2.12. The van der Waals surface area contributed by atoms with E-state index in [-0.39, 0.29) is 12.3 Å². The summed E-state index contributed by atoms with van der Waals surface area (Å²) >= 11 is 0. The molecule has 6 rings (SSSR count). The number of nitrogens with one attached hydrogen (secondary N) is 1. The van der Waals surface area contributed by atoms with Crippen molar-refractivity contribution >= 4 is 22.6 Å². The molecule has 3 aromatic heterocycles. The summed E-state index contributed by atoms with van der Waals surface area (Å²) in [5.41, 5.74) is 6.15. The molecule has 0 aliphatic heterocycles. The molecular weight excluding hydrogens is 452 g/mol. The lowest BCUT2D eigenvalue weighted by Crippen LogP contribution is -2.14. The van der Waals surface area contributed by atoms with Crippen LogP contribution in [0.2, 0.25) is 0 Å². The second kappa shape index (κ2) is 9.27. The molecule has 1 amide bonds. The molecule has 0 saturated heterocycles. The van der Waals surface area contributed by atoms with Crippen LogP contribution in [0.4, 0.5) is 5.69 Å². The van der Waals surface area contributed by atoms with Gasteiger partial charge in [0.15, 0.2) is 0 Å². The fourth-order valence-electron chi connectivity index (χ4n) is 3.98. The van der Waals surface area contributed by atoms with Gasteiger partial charge in [0.25, 0.3) is 5.89 Å². The van der Waals surface area contributed by atoms with Crippen molar-refractivity contribution in [2.75, 3.05) is 5.32 Å². The monoisotopic (exact) mass is 472 g/mol. The number of hydrogen-bond acceptors (Lipinski definition) is 6. The van der Waals surface area contributed by atoms with Gasteiger partial charge in [0.2, 0.25) is 11.7 Å². The number of benzene rings is 3. The van der Waals surface area contributed by atoms with Crippen molar-refractivity contribution in [1.82, 2.24) is 24.7 Å². The number of para-hydroxylation sites is 2. The molecule has 0 bridgehead atoms. The first kappa shape index (κ1) is 21.4. The van der Waals surface area contributed by atoms with Crippen molar-refractivity contribution in [3.63, 3.8) is 0 Å². The molecule has 0 spiro atoms. The Morgan fingerprint density at radius 1 is 0.889 bits per heavy atom. The van der Waals surface area contributed by atoms with E-state index in [4.69, 9.17) is 4.52 Å². The Labute approximate surface area is 206 Å². The lowest BCUT2D eigenvalue weighted by molar-refractivity contribution is -0.115. The summed E-state index contributed by atoms with van der Waals surface area (Å²) in [5.74, 6) is 0.798. The SMILES string of the molecule is O=C(Cc1cccnc1)Nc1ccc(-c2nc(-c3ccc(-n4cnc5ccccc54)cc3)no2)cc1. The van der Waals surface area contributed by atoms with Crippen LogP contribution in [0.1, 0.15) is 5.56 Å². The molecule has 0 aliphatic rings. The van der Waals surface area contributed by atoms with Crippen molar-refractivity contribution in [2.24, 2.45) is 0 Å². The lowest BCUT2D eigenvalue weighted by atomic mass is 10.1. The van der Waals surface area contributed by atoms with Gasteiger partial charge in [0.1, 0.15) is 6.33 Å². The van der Waals surface area contributed by atoms with Crippen LogP contribution in [-0.2, 0) is 11.2 Å². The van der Waals surface area contributed by atoms with Crippen LogP contribution in [0.5, 0.6) is 0 Å². The highest BCUT2D eigenvalue weighted by atomic mass is 16.5. The van der Waals surface area contributed by atoms with Gasteiger partial charge in [0, 0.05) is 34.9 Å². The van der Waals surface area contributed by atoms with Gasteiger partial charge in [-0.3, -0.25) is 14.3 Å². The fraction of sp³-hybridized carbons (Fsp3) is 0.0357. The average molecular weight is 473 g/mol. The second-order valence-electron chi connectivity index (χ2n) is 8.24. The maximum absolute atomic E-state index is 12.3. The summed E-state index contributed by atoms with van der Waals surface area (Å²) < 4.78 is 7.53. The zero-order valence-corrected chi connectivity index (χ0v) is 19.1. The normalized spacial score (nSPS) is 11.0. The number of amides is 1. The first-order valence-corrected chi connectivity index (χ1v) is 11.4. The summed E-state index contributed by atoms with van der Waals surface area (Å²) in [7, 11) is 0. The zero-order chi connectivity index (χ0) is 24.3. The number of aromatic nitrogens is 5. The minimum atomic E-state index is -0.108. The number of imidazole rings is 1. The molecule has 0 radical (unpaired) electrons. The molecule has 8 nitrogen and oxygen atoms in total. The van der Waals surface area contributed by atoms with Gasteiger partial charge in [-0.2, -0.15) is 4.98 Å². The Morgan fingerprint density at radius 2 is 1.69 bits per heavy atom. The summed E-state index contributed by atoms with van der Waals surface area (Å²) in [6, 6.07) is 26.9. The summed E-state index contributed by atoms with van der Waals surface area (Å²) in [4.78, 5) is 25.3. The number of fused-ring (bicyclic) bond motifs is 1. The average Bonchev–Trinajstić information content (AvgIpc) is 3.58. The van der Waals surface area contributed by atoms with Gasteiger partial charge >= 0.3 is 0 Å². The van der Waals surface area contributed by atoms with Gasteiger partial charge in [0.05, 0.1) is 17.5 Å². The predicted octanol–water partition coefficient (Wildman–Crippen LogP) is 5.32. The Balaban J connectivity index is 1.15. The van der Waals surface area contributed by atoms with E-state index in [1.807, 2.05) is 95.8 Å². The van der Waals surface area contributed by atoms with Crippen molar-refractivity contribution in [3.8, 4) is 28.5 Å². The minimum absolute atomic E-state index is 0.108. The standard InChI is InChI=1S/C28H20N6O2/c35-26(16-19-4-3-15-29-17-19)31-22-11-7-21(8-12-22)28-32-27(33-36-28)20-9-13-23(14-10-20)34-18-30-24-5-1-2-6-25(24)34/h1-15,17-18H,16H2,(H,31,35). The van der Waals surface area contributed by atoms with E-state index in [9.17, 15) is 4.79 Å². The zero-order valence-electron chi connectivity index (χ0n) is 19.1. The van der Waals surface area contributed by atoms with Crippen LogP contribution in [0.25, 0.3) is 39.6 Å². The summed E-state index contributed by atoms with van der Waals surface area (Å²) in [6.45, 7) is 0. The van der Waals surface area contributed by atoms with Gasteiger partial charge in [-0.05, 0) is 72.3 Å². The maximum Gasteiger partial charge on any atom is 0.258 e. The van der Waals surface area contributed by atoms with E-state index in [1.54, 1.807) is 12.4 Å². The number of hydrogen-bond donors (Lipinski definition) is 1.